The van der Waals surface area contributed by atoms with Crippen molar-refractivity contribution in [1.82, 2.24) is 4.90 Å². The fourth-order valence-corrected chi connectivity index (χ4v) is 4.25. The largest absolute Gasteiger partial charge is 0.490 e. The van der Waals surface area contributed by atoms with Crippen molar-refractivity contribution in [1.29, 1.82) is 0 Å². The van der Waals surface area contributed by atoms with E-state index in [9.17, 15) is 14.0 Å². The molecule has 7 heteroatoms. The van der Waals surface area contributed by atoms with Crippen LogP contribution in [0.25, 0.3) is 6.08 Å². The topological polar surface area (TPSA) is 55.8 Å². The fraction of sp³-hybridized carbons (Fsp3) is 0.185. The van der Waals surface area contributed by atoms with Gasteiger partial charge in [0.25, 0.3) is 11.1 Å². The van der Waals surface area contributed by atoms with Crippen LogP contribution in [0.4, 0.5) is 9.18 Å². The zero-order valence-corrected chi connectivity index (χ0v) is 19.7. The maximum Gasteiger partial charge on any atom is 0.293 e. The summed E-state index contributed by atoms with van der Waals surface area (Å²) >= 11 is 0.883. The number of rotatable bonds is 8. The molecule has 0 unspecified atom stereocenters. The predicted molar refractivity (Wildman–Crippen MR) is 131 cm³/mol. The Hall–Kier alpha value is -3.58. The van der Waals surface area contributed by atoms with Gasteiger partial charge in [-0.25, -0.2) is 4.39 Å². The summed E-state index contributed by atoms with van der Waals surface area (Å²) in [6, 6.07) is 19.3. The molecule has 2 amide bonds. The predicted octanol–water partition coefficient (Wildman–Crippen LogP) is 6.35. The van der Waals surface area contributed by atoms with E-state index in [-0.39, 0.29) is 23.5 Å². The van der Waals surface area contributed by atoms with Crippen molar-refractivity contribution < 1.29 is 23.5 Å². The van der Waals surface area contributed by atoms with Crippen LogP contribution < -0.4 is 9.47 Å². The summed E-state index contributed by atoms with van der Waals surface area (Å²) in [5, 5.41) is -0.358. The molecule has 1 fully saturated rings. The Bertz CT molecular complexity index is 1220. The van der Waals surface area contributed by atoms with Gasteiger partial charge in [-0.1, -0.05) is 48.0 Å². The molecule has 0 atom stereocenters. The van der Waals surface area contributed by atoms with Gasteiger partial charge in [-0.3, -0.25) is 14.5 Å². The first-order chi connectivity index (χ1) is 16.4. The van der Waals surface area contributed by atoms with Gasteiger partial charge in [-0.05, 0) is 72.6 Å². The van der Waals surface area contributed by atoms with E-state index in [4.69, 9.17) is 9.47 Å². The van der Waals surface area contributed by atoms with E-state index in [0.29, 0.717) is 35.2 Å². The van der Waals surface area contributed by atoms with E-state index in [2.05, 4.69) is 0 Å². The molecular formula is C27H24FNO4S. The number of thioether (sulfide) groups is 1. The van der Waals surface area contributed by atoms with Crippen LogP contribution in [0.15, 0.2) is 71.6 Å². The molecule has 0 spiro atoms. The second-order valence-electron chi connectivity index (χ2n) is 7.81. The van der Waals surface area contributed by atoms with E-state index in [1.165, 1.54) is 17.7 Å². The van der Waals surface area contributed by atoms with E-state index in [0.717, 1.165) is 27.8 Å². The number of benzene rings is 3. The summed E-state index contributed by atoms with van der Waals surface area (Å²) in [6.07, 6.45) is 1.67. The number of ether oxygens (including phenoxy) is 2. The van der Waals surface area contributed by atoms with E-state index < -0.39 is 0 Å². The molecule has 174 valence electrons. The summed E-state index contributed by atoms with van der Waals surface area (Å²) in [5.41, 5.74) is 3.63. The van der Waals surface area contributed by atoms with Crippen LogP contribution in [0.3, 0.4) is 0 Å². The SMILES string of the molecule is CCOc1cc(C=C2SC(=O)N(Cc3ccc(F)cc3)C2=O)ccc1OCc1ccc(C)cc1. The normalized spacial score (nSPS) is 14.7. The number of carbonyl (C=O) groups excluding carboxylic acids is 2. The molecule has 0 bridgehead atoms. The number of hydrogen-bond donors (Lipinski definition) is 0. The average molecular weight is 478 g/mol. The molecule has 0 N–H and O–H groups in total. The van der Waals surface area contributed by atoms with Crippen LogP contribution in [0.2, 0.25) is 0 Å². The average Bonchev–Trinajstić information content (AvgIpc) is 3.08. The second kappa shape index (κ2) is 10.6. The number of amides is 2. The van der Waals surface area contributed by atoms with Gasteiger partial charge in [-0.2, -0.15) is 0 Å². The van der Waals surface area contributed by atoms with Crippen LogP contribution in [0, 0.1) is 12.7 Å². The molecule has 1 aliphatic heterocycles. The number of aryl methyl sites for hydroxylation is 1. The monoisotopic (exact) mass is 477 g/mol. The van der Waals surface area contributed by atoms with Crippen molar-refractivity contribution in [2.75, 3.05) is 6.61 Å². The molecule has 1 heterocycles. The molecule has 5 nitrogen and oxygen atoms in total. The Kier molecular flexibility index (Phi) is 7.33. The number of hydrogen-bond acceptors (Lipinski definition) is 5. The maximum atomic E-state index is 13.1. The van der Waals surface area contributed by atoms with Crippen LogP contribution in [-0.2, 0) is 17.9 Å². The molecular weight excluding hydrogens is 453 g/mol. The van der Waals surface area contributed by atoms with Gasteiger partial charge in [0.1, 0.15) is 12.4 Å². The van der Waals surface area contributed by atoms with Gasteiger partial charge in [-0.15, -0.1) is 0 Å². The third kappa shape index (κ3) is 5.66. The highest BCUT2D eigenvalue weighted by atomic mass is 32.2. The van der Waals surface area contributed by atoms with Gasteiger partial charge < -0.3 is 9.47 Å². The third-order valence-corrected chi connectivity index (χ3v) is 6.12. The third-order valence-electron chi connectivity index (χ3n) is 5.21. The van der Waals surface area contributed by atoms with Crippen molar-refractivity contribution in [2.45, 2.75) is 27.0 Å². The summed E-state index contributed by atoms with van der Waals surface area (Å²) < 4.78 is 24.9. The van der Waals surface area contributed by atoms with Crippen LogP contribution in [-0.4, -0.2) is 22.7 Å². The molecule has 0 aliphatic carbocycles. The smallest absolute Gasteiger partial charge is 0.293 e. The molecule has 1 aliphatic rings. The molecule has 0 aromatic heterocycles. The van der Waals surface area contributed by atoms with Crippen molar-refractivity contribution in [3.63, 3.8) is 0 Å². The molecule has 0 saturated carbocycles. The minimum absolute atomic E-state index is 0.0955. The van der Waals surface area contributed by atoms with E-state index in [1.54, 1.807) is 30.3 Å². The van der Waals surface area contributed by atoms with E-state index >= 15 is 0 Å². The molecule has 3 aromatic carbocycles. The van der Waals surface area contributed by atoms with Crippen LogP contribution in [0.5, 0.6) is 11.5 Å². The molecule has 4 rings (SSSR count). The maximum absolute atomic E-state index is 13.1. The summed E-state index contributed by atoms with van der Waals surface area (Å²) in [6.45, 7) is 4.88. The standard InChI is InChI=1S/C27H24FNO4S/c1-3-32-24-14-21(10-13-23(24)33-17-20-6-4-18(2)5-7-20)15-25-26(30)29(27(31)34-25)16-19-8-11-22(28)12-9-19/h4-15H,3,16-17H2,1-2H3. The lowest BCUT2D eigenvalue weighted by molar-refractivity contribution is -0.123. The number of carbonyl (C=O) groups is 2. The lowest BCUT2D eigenvalue weighted by Gasteiger charge is -2.13. The zero-order chi connectivity index (χ0) is 24.1. The van der Waals surface area contributed by atoms with Crippen molar-refractivity contribution in [3.05, 3.63) is 99.7 Å². The second-order valence-corrected chi connectivity index (χ2v) is 8.80. The van der Waals surface area contributed by atoms with Gasteiger partial charge in [0.2, 0.25) is 0 Å². The van der Waals surface area contributed by atoms with Gasteiger partial charge in [0.05, 0.1) is 18.1 Å². The Morgan fingerprint density at radius 1 is 0.912 bits per heavy atom. The van der Waals surface area contributed by atoms with Gasteiger partial charge >= 0.3 is 0 Å². The van der Waals surface area contributed by atoms with Gasteiger partial charge in [0.15, 0.2) is 11.5 Å². The Labute approximate surface area is 202 Å². The van der Waals surface area contributed by atoms with Crippen LogP contribution in [0.1, 0.15) is 29.2 Å². The molecule has 1 saturated heterocycles. The first kappa shape index (κ1) is 23.6. The lowest BCUT2D eigenvalue weighted by Crippen LogP contribution is -2.27. The van der Waals surface area contributed by atoms with Crippen molar-refractivity contribution >= 4 is 29.0 Å². The zero-order valence-electron chi connectivity index (χ0n) is 18.9. The summed E-state index contributed by atoms with van der Waals surface area (Å²) in [4.78, 5) is 26.7. The Morgan fingerprint density at radius 2 is 1.62 bits per heavy atom. The first-order valence-corrected chi connectivity index (χ1v) is 11.7. The minimum atomic E-state index is -0.378. The Balaban J connectivity index is 1.49. The van der Waals surface area contributed by atoms with Crippen molar-refractivity contribution in [2.24, 2.45) is 0 Å². The molecule has 3 aromatic rings. The van der Waals surface area contributed by atoms with E-state index in [1.807, 2.05) is 44.2 Å². The fourth-order valence-electron chi connectivity index (χ4n) is 3.41. The minimum Gasteiger partial charge on any atom is -0.490 e. The number of imide groups is 1. The summed E-state index contributed by atoms with van der Waals surface area (Å²) in [5.74, 6) is 0.420. The highest BCUT2D eigenvalue weighted by molar-refractivity contribution is 8.18. The molecule has 0 radical (unpaired) electrons. The summed E-state index contributed by atoms with van der Waals surface area (Å²) in [7, 11) is 0. The first-order valence-electron chi connectivity index (χ1n) is 10.9. The van der Waals surface area contributed by atoms with Gasteiger partial charge in [0, 0.05) is 0 Å². The highest BCUT2D eigenvalue weighted by Gasteiger charge is 2.35. The number of nitrogens with zero attached hydrogens (tertiary/aromatic N) is 1. The lowest BCUT2D eigenvalue weighted by atomic mass is 10.1. The quantitative estimate of drug-likeness (QED) is 0.354. The molecule has 34 heavy (non-hydrogen) atoms. The van der Waals surface area contributed by atoms with Crippen LogP contribution >= 0.6 is 11.8 Å². The Morgan fingerprint density at radius 3 is 2.32 bits per heavy atom. The van der Waals surface area contributed by atoms with Crippen molar-refractivity contribution in [3.8, 4) is 11.5 Å². The number of halogens is 1. The highest BCUT2D eigenvalue weighted by Crippen LogP contribution is 2.35.